The summed E-state index contributed by atoms with van der Waals surface area (Å²) in [5.41, 5.74) is -0.167. The number of unbranched alkanes of at least 4 members (excludes halogenated alkanes) is 1. The summed E-state index contributed by atoms with van der Waals surface area (Å²) >= 11 is 6.07. The molecule has 37 heavy (non-hydrogen) atoms. The van der Waals surface area contributed by atoms with Crippen LogP contribution in [0.15, 0.2) is 62.5 Å². The lowest BCUT2D eigenvalue weighted by molar-refractivity contribution is 0.464. The molecule has 200 valence electrons. The van der Waals surface area contributed by atoms with Crippen LogP contribution >= 0.6 is 11.6 Å². The topological polar surface area (TPSA) is 192 Å². The van der Waals surface area contributed by atoms with Gasteiger partial charge >= 0.3 is 0 Å². The van der Waals surface area contributed by atoms with E-state index >= 15 is 0 Å². The summed E-state index contributed by atoms with van der Waals surface area (Å²) in [5, 5.41) is 18.7. The van der Waals surface area contributed by atoms with E-state index in [9.17, 15) is 34.9 Å². The van der Waals surface area contributed by atoms with Crippen LogP contribution in [0.5, 0.6) is 5.75 Å². The van der Waals surface area contributed by atoms with Crippen molar-refractivity contribution in [3.63, 3.8) is 0 Å². The van der Waals surface area contributed by atoms with Crippen LogP contribution in [-0.2, 0) is 30.2 Å². The number of rotatable bonds is 10. The Hall–Kier alpha value is -2.82. The molecule has 3 aromatic carbocycles. The van der Waals surface area contributed by atoms with Gasteiger partial charge < -0.3 is 5.11 Å². The summed E-state index contributed by atoms with van der Waals surface area (Å²) in [5.74, 6) is -0.620. The van der Waals surface area contributed by atoms with E-state index in [1.807, 2.05) is 6.92 Å². The Balaban J connectivity index is 2.26. The lowest BCUT2D eigenvalue weighted by Gasteiger charge is -2.15. The number of sulfonamides is 2. The van der Waals surface area contributed by atoms with Crippen molar-refractivity contribution in [2.45, 2.75) is 29.6 Å². The maximum absolute atomic E-state index is 12.9. The Morgan fingerprint density at radius 1 is 0.973 bits per heavy atom. The molecule has 0 amide bonds. The molecule has 0 aliphatic carbocycles. The van der Waals surface area contributed by atoms with Crippen molar-refractivity contribution in [3.8, 4) is 5.75 Å². The number of azo groups is 1. The van der Waals surface area contributed by atoms with Gasteiger partial charge in [-0.15, -0.1) is 10.2 Å². The molecule has 4 N–H and O–H groups in total. The highest BCUT2D eigenvalue weighted by Gasteiger charge is 2.24. The van der Waals surface area contributed by atoms with Crippen LogP contribution in [0, 0.1) is 0 Å². The van der Waals surface area contributed by atoms with E-state index < -0.39 is 45.7 Å². The molecule has 0 aliphatic rings. The van der Waals surface area contributed by atoms with Gasteiger partial charge in [-0.1, -0.05) is 37.1 Å². The summed E-state index contributed by atoms with van der Waals surface area (Å²) in [6, 6.07) is 8.38. The SMILES string of the molecule is CCCCNS(=O)(=O)c1cc(N=Nc2ccc(S(=O)(=O)O)cc2Cl)c2c(NS(C)(=O)=O)cccc2c1O. The van der Waals surface area contributed by atoms with Crippen LogP contribution in [0.1, 0.15) is 19.8 Å². The molecule has 16 heteroatoms. The molecule has 0 radical (unpaired) electrons. The summed E-state index contributed by atoms with van der Waals surface area (Å²) in [4.78, 5) is -0.980. The minimum Gasteiger partial charge on any atom is -0.506 e. The smallest absolute Gasteiger partial charge is 0.294 e. The van der Waals surface area contributed by atoms with Gasteiger partial charge in [-0.05, 0) is 36.8 Å². The summed E-state index contributed by atoms with van der Waals surface area (Å²) in [6.45, 7) is 2.00. The van der Waals surface area contributed by atoms with Gasteiger partial charge in [0.1, 0.15) is 16.3 Å². The Morgan fingerprint density at radius 2 is 1.65 bits per heavy atom. The van der Waals surface area contributed by atoms with Gasteiger partial charge in [-0.25, -0.2) is 21.6 Å². The molecule has 0 aliphatic heterocycles. The van der Waals surface area contributed by atoms with Gasteiger partial charge in [0.15, 0.2) is 0 Å². The van der Waals surface area contributed by atoms with Crippen LogP contribution in [-0.4, -0.2) is 47.7 Å². The standard InChI is InChI=1S/C21H23ClN4O8S3/c1-3-4-10-23-36(30,31)19-12-18(25-24-16-9-8-13(11-15(16)22)37(32,33)34)20-14(21(19)27)6-5-7-17(20)26-35(2,28)29/h5-9,11-12,23,26-27H,3-4,10H2,1-2H3,(H,32,33,34). The number of halogens is 1. The van der Waals surface area contributed by atoms with E-state index in [1.165, 1.54) is 18.2 Å². The Labute approximate surface area is 219 Å². The first-order chi connectivity index (χ1) is 17.1. The van der Waals surface area contributed by atoms with Gasteiger partial charge in [0.25, 0.3) is 10.1 Å². The predicted octanol–water partition coefficient (Wildman–Crippen LogP) is 4.31. The third-order valence-electron chi connectivity index (χ3n) is 4.97. The average Bonchev–Trinajstić information content (AvgIpc) is 2.78. The van der Waals surface area contributed by atoms with Gasteiger partial charge in [0.05, 0.1) is 27.5 Å². The molecule has 0 saturated carbocycles. The molecule has 0 saturated heterocycles. The monoisotopic (exact) mass is 590 g/mol. The maximum Gasteiger partial charge on any atom is 0.294 e. The average molecular weight is 591 g/mol. The number of phenols is 1. The molecule has 3 aromatic rings. The zero-order chi connectivity index (χ0) is 27.6. The van der Waals surface area contributed by atoms with Crippen molar-refractivity contribution in [1.29, 1.82) is 0 Å². The zero-order valence-corrected chi connectivity index (χ0v) is 22.7. The fraction of sp³-hybridized carbons (Fsp3) is 0.238. The second kappa shape index (κ2) is 10.9. The Kier molecular flexibility index (Phi) is 8.46. The molecule has 0 heterocycles. The second-order valence-corrected chi connectivity index (χ2v) is 13.2. The third kappa shape index (κ3) is 6.94. The predicted molar refractivity (Wildman–Crippen MR) is 140 cm³/mol. The van der Waals surface area contributed by atoms with E-state index in [0.717, 1.165) is 36.9 Å². The van der Waals surface area contributed by atoms with Gasteiger partial charge in [-0.3, -0.25) is 9.27 Å². The van der Waals surface area contributed by atoms with Crippen LogP contribution in [0.4, 0.5) is 17.1 Å². The fourth-order valence-electron chi connectivity index (χ4n) is 3.29. The summed E-state index contributed by atoms with van der Waals surface area (Å²) in [7, 11) is -12.5. The number of aromatic hydroxyl groups is 1. The van der Waals surface area contributed by atoms with Crippen molar-refractivity contribution < 1.29 is 34.9 Å². The number of nitrogens with zero attached hydrogens (tertiary/aromatic N) is 2. The summed E-state index contributed by atoms with van der Waals surface area (Å²) < 4.78 is 86.3. The first-order valence-electron chi connectivity index (χ1n) is 10.6. The minimum absolute atomic E-state index is 0.0000381. The first-order valence-corrected chi connectivity index (χ1v) is 15.8. The number of phenolic OH excluding ortho intramolecular Hbond substituents is 1. The highest BCUT2D eigenvalue weighted by Crippen LogP contribution is 2.43. The summed E-state index contributed by atoms with van der Waals surface area (Å²) in [6.07, 6.45) is 2.20. The quantitative estimate of drug-likeness (QED) is 0.152. The number of nitrogens with one attached hydrogen (secondary N) is 2. The first kappa shape index (κ1) is 28.7. The van der Waals surface area contributed by atoms with E-state index in [2.05, 4.69) is 19.7 Å². The van der Waals surface area contributed by atoms with Crippen molar-refractivity contribution in [3.05, 3.63) is 47.5 Å². The van der Waals surface area contributed by atoms with Crippen LogP contribution < -0.4 is 9.44 Å². The molecule has 0 bridgehead atoms. The van der Waals surface area contributed by atoms with Gasteiger partial charge in [0, 0.05) is 17.3 Å². The number of hydrogen-bond donors (Lipinski definition) is 4. The van der Waals surface area contributed by atoms with Gasteiger partial charge in [0.2, 0.25) is 20.0 Å². The fourth-order valence-corrected chi connectivity index (χ4v) is 5.85. The van der Waals surface area contributed by atoms with E-state index in [1.54, 1.807) is 0 Å². The Morgan fingerprint density at radius 3 is 2.24 bits per heavy atom. The highest BCUT2D eigenvalue weighted by atomic mass is 35.5. The molecule has 0 spiro atoms. The molecule has 0 aromatic heterocycles. The molecule has 0 unspecified atom stereocenters. The van der Waals surface area contributed by atoms with E-state index in [0.29, 0.717) is 6.42 Å². The lowest BCUT2D eigenvalue weighted by Crippen LogP contribution is -2.24. The molecular formula is C21H23ClN4O8S3. The minimum atomic E-state index is -4.52. The lowest BCUT2D eigenvalue weighted by atomic mass is 10.1. The third-order valence-corrected chi connectivity index (χ3v) is 8.18. The highest BCUT2D eigenvalue weighted by molar-refractivity contribution is 7.92. The second-order valence-electron chi connectivity index (χ2n) is 7.88. The molecule has 0 atom stereocenters. The molecular weight excluding hydrogens is 568 g/mol. The Bertz CT molecular complexity index is 1710. The van der Waals surface area contributed by atoms with Gasteiger partial charge in [-0.2, -0.15) is 8.42 Å². The van der Waals surface area contributed by atoms with E-state index in [-0.39, 0.29) is 39.4 Å². The largest absolute Gasteiger partial charge is 0.506 e. The van der Waals surface area contributed by atoms with Crippen molar-refractivity contribution in [2.24, 2.45) is 10.2 Å². The van der Waals surface area contributed by atoms with Crippen LogP contribution in [0.25, 0.3) is 10.8 Å². The number of fused-ring (bicyclic) bond motifs is 1. The number of benzene rings is 3. The molecule has 3 rings (SSSR count). The molecule has 0 fully saturated rings. The van der Waals surface area contributed by atoms with E-state index in [4.69, 9.17) is 11.6 Å². The van der Waals surface area contributed by atoms with Crippen molar-refractivity contribution >= 4 is 69.6 Å². The number of anilines is 1. The van der Waals surface area contributed by atoms with Crippen molar-refractivity contribution in [1.82, 2.24) is 4.72 Å². The van der Waals surface area contributed by atoms with Crippen molar-refractivity contribution in [2.75, 3.05) is 17.5 Å². The normalized spacial score (nSPS) is 12.9. The molecule has 12 nitrogen and oxygen atoms in total. The maximum atomic E-state index is 12.9. The number of hydrogen-bond acceptors (Lipinski definition) is 9. The van der Waals surface area contributed by atoms with Crippen LogP contribution in [0.3, 0.4) is 0 Å². The zero-order valence-electron chi connectivity index (χ0n) is 19.5. The van der Waals surface area contributed by atoms with Crippen LogP contribution in [0.2, 0.25) is 5.02 Å².